The fourth-order valence-corrected chi connectivity index (χ4v) is 5.27. The van der Waals surface area contributed by atoms with Crippen molar-refractivity contribution in [3.8, 4) is 0 Å². The van der Waals surface area contributed by atoms with Gasteiger partial charge in [-0.3, -0.25) is 4.90 Å². The molecule has 0 saturated carbocycles. The van der Waals surface area contributed by atoms with Gasteiger partial charge in [0.15, 0.2) is 0 Å². The Hall–Kier alpha value is -1.77. The van der Waals surface area contributed by atoms with Crippen molar-refractivity contribution in [3.05, 3.63) is 93.4 Å². The molecule has 2 aliphatic rings. The summed E-state index contributed by atoms with van der Waals surface area (Å²) in [5, 5.41) is 0. The number of likely N-dealkylation sites (tertiary alicyclic amines) is 1. The van der Waals surface area contributed by atoms with E-state index in [0.29, 0.717) is 0 Å². The lowest BCUT2D eigenvalue weighted by Gasteiger charge is -2.14. The average Bonchev–Trinajstić information content (AvgIpc) is 3.25. The summed E-state index contributed by atoms with van der Waals surface area (Å²) < 4.78 is 0. The zero-order valence-corrected chi connectivity index (χ0v) is 18.5. The summed E-state index contributed by atoms with van der Waals surface area (Å²) >= 11 is 1.97. The van der Waals surface area contributed by atoms with Gasteiger partial charge in [0.25, 0.3) is 0 Å². The molecule has 152 valence electrons. The fourth-order valence-electron chi connectivity index (χ4n) is 4.34. The lowest BCUT2D eigenvalue weighted by Crippen LogP contribution is -2.18. The van der Waals surface area contributed by atoms with Gasteiger partial charge in [-0.05, 0) is 80.8 Å². The van der Waals surface area contributed by atoms with E-state index in [2.05, 4.69) is 72.5 Å². The lowest BCUT2D eigenvalue weighted by molar-refractivity contribution is 0.331. The molecule has 0 aromatic heterocycles. The minimum atomic E-state index is 1.07. The molecule has 0 unspecified atom stereocenters. The first-order chi connectivity index (χ1) is 14.2. The topological polar surface area (TPSA) is 3.24 Å². The smallest absolute Gasteiger partial charge is 0.0233 e. The molecule has 1 heterocycles. The molecule has 0 N–H and O–H groups in total. The van der Waals surface area contributed by atoms with Gasteiger partial charge in [-0.1, -0.05) is 66.3 Å². The molecule has 0 radical (unpaired) electrons. The van der Waals surface area contributed by atoms with Gasteiger partial charge in [0.2, 0.25) is 0 Å². The maximum atomic E-state index is 2.57. The summed E-state index contributed by atoms with van der Waals surface area (Å²) in [6.07, 6.45) is 14.3. The van der Waals surface area contributed by atoms with Crippen LogP contribution in [0.2, 0.25) is 0 Å². The largest absolute Gasteiger partial charge is 0.299 e. The van der Waals surface area contributed by atoms with Crippen LogP contribution in [-0.2, 0) is 25.1 Å². The predicted molar refractivity (Wildman–Crippen MR) is 127 cm³/mol. The zero-order valence-electron chi connectivity index (χ0n) is 17.7. The predicted octanol–water partition coefficient (Wildman–Crippen LogP) is 6.84. The molecule has 1 aliphatic carbocycles. The number of rotatable bonds is 8. The molecular weight excluding hydrogens is 370 g/mol. The van der Waals surface area contributed by atoms with Crippen molar-refractivity contribution < 1.29 is 0 Å². The highest BCUT2D eigenvalue weighted by Crippen LogP contribution is 2.27. The Morgan fingerprint density at radius 2 is 1.55 bits per heavy atom. The maximum Gasteiger partial charge on any atom is 0.0233 e. The SMILES string of the molecule is Cc1cc(CCc2ccc(CN3CCCC3)cc2)cc(CSC2=CCCC=C2)c1. The van der Waals surface area contributed by atoms with E-state index >= 15 is 0 Å². The first kappa shape index (κ1) is 20.5. The highest BCUT2D eigenvalue weighted by molar-refractivity contribution is 8.02. The van der Waals surface area contributed by atoms with Crippen molar-refractivity contribution in [1.82, 2.24) is 4.90 Å². The number of allylic oxidation sites excluding steroid dienone is 3. The van der Waals surface area contributed by atoms with E-state index in [1.807, 2.05) is 11.8 Å². The van der Waals surface area contributed by atoms with E-state index in [-0.39, 0.29) is 0 Å². The van der Waals surface area contributed by atoms with Crippen LogP contribution in [0.5, 0.6) is 0 Å². The molecule has 0 atom stereocenters. The number of benzene rings is 2. The van der Waals surface area contributed by atoms with E-state index in [9.17, 15) is 0 Å². The van der Waals surface area contributed by atoms with Crippen LogP contribution in [0.4, 0.5) is 0 Å². The van der Waals surface area contributed by atoms with Crippen LogP contribution >= 0.6 is 11.8 Å². The molecule has 0 bridgehead atoms. The molecule has 2 aromatic rings. The molecule has 1 aliphatic heterocycles. The second kappa shape index (κ2) is 10.3. The van der Waals surface area contributed by atoms with Crippen LogP contribution in [0.15, 0.2) is 65.6 Å². The summed E-state index contributed by atoms with van der Waals surface area (Å²) in [5.74, 6) is 1.07. The Morgan fingerprint density at radius 1 is 0.828 bits per heavy atom. The molecule has 0 amide bonds. The molecule has 2 aromatic carbocycles. The lowest BCUT2D eigenvalue weighted by atomic mass is 10.00. The summed E-state index contributed by atoms with van der Waals surface area (Å²) in [4.78, 5) is 3.99. The third-order valence-corrected chi connectivity index (χ3v) is 7.01. The molecule has 1 saturated heterocycles. The summed E-state index contributed by atoms with van der Waals surface area (Å²) in [6, 6.07) is 16.4. The molecule has 29 heavy (non-hydrogen) atoms. The van der Waals surface area contributed by atoms with Gasteiger partial charge in [-0.2, -0.15) is 0 Å². The Labute approximate surface area is 180 Å². The molecule has 1 nitrogen and oxygen atoms in total. The van der Waals surface area contributed by atoms with Crippen molar-refractivity contribution in [1.29, 1.82) is 0 Å². The minimum absolute atomic E-state index is 1.07. The number of nitrogens with zero attached hydrogens (tertiary/aromatic N) is 1. The molecular formula is C27H33NS. The molecule has 4 rings (SSSR count). The van der Waals surface area contributed by atoms with Crippen molar-refractivity contribution >= 4 is 11.8 Å². The Bertz CT molecular complexity index is 857. The van der Waals surface area contributed by atoms with Crippen molar-refractivity contribution in [2.24, 2.45) is 0 Å². The third kappa shape index (κ3) is 6.35. The fraction of sp³-hybridized carbons (Fsp3) is 0.407. The second-order valence-corrected chi connectivity index (χ2v) is 9.55. The number of hydrogen-bond donors (Lipinski definition) is 0. The van der Waals surface area contributed by atoms with Crippen molar-refractivity contribution in [2.75, 3.05) is 13.1 Å². The van der Waals surface area contributed by atoms with E-state index in [0.717, 1.165) is 25.1 Å². The highest BCUT2D eigenvalue weighted by atomic mass is 32.2. The van der Waals surface area contributed by atoms with Gasteiger partial charge in [0.1, 0.15) is 0 Å². The monoisotopic (exact) mass is 403 g/mol. The van der Waals surface area contributed by atoms with Gasteiger partial charge in [0, 0.05) is 17.2 Å². The van der Waals surface area contributed by atoms with Gasteiger partial charge < -0.3 is 0 Å². The van der Waals surface area contributed by atoms with Crippen LogP contribution in [-0.4, -0.2) is 18.0 Å². The van der Waals surface area contributed by atoms with Gasteiger partial charge >= 0.3 is 0 Å². The maximum absolute atomic E-state index is 2.57. The van der Waals surface area contributed by atoms with E-state index in [4.69, 9.17) is 0 Å². The van der Waals surface area contributed by atoms with Gasteiger partial charge in [0.05, 0.1) is 0 Å². The van der Waals surface area contributed by atoms with Crippen molar-refractivity contribution in [2.45, 2.75) is 57.7 Å². The number of hydrogen-bond acceptors (Lipinski definition) is 2. The van der Waals surface area contributed by atoms with Crippen LogP contribution in [0.3, 0.4) is 0 Å². The Kier molecular flexibility index (Phi) is 7.29. The Balaban J connectivity index is 1.31. The second-order valence-electron chi connectivity index (χ2n) is 8.50. The quantitative estimate of drug-likeness (QED) is 0.474. The van der Waals surface area contributed by atoms with E-state index < -0.39 is 0 Å². The average molecular weight is 404 g/mol. The normalized spacial score (nSPS) is 16.9. The van der Waals surface area contributed by atoms with E-state index in [1.54, 1.807) is 0 Å². The van der Waals surface area contributed by atoms with Crippen LogP contribution in [0.25, 0.3) is 0 Å². The summed E-state index contributed by atoms with van der Waals surface area (Å²) in [6.45, 7) is 5.88. The first-order valence-corrected chi connectivity index (χ1v) is 12.1. The van der Waals surface area contributed by atoms with Crippen LogP contribution < -0.4 is 0 Å². The first-order valence-electron chi connectivity index (χ1n) is 11.1. The van der Waals surface area contributed by atoms with Gasteiger partial charge in [-0.15, -0.1) is 11.8 Å². The van der Waals surface area contributed by atoms with Gasteiger partial charge in [-0.25, -0.2) is 0 Å². The van der Waals surface area contributed by atoms with E-state index in [1.165, 1.54) is 71.5 Å². The molecule has 2 heteroatoms. The zero-order chi connectivity index (χ0) is 19.9. The van der Waals surface area contributed by atoms with Crippen molar-refractivity contribution in [3.63, 3.8) is 0 Å². The number of thioether (sulfide) groups is 1. The standard InChI is InChI=1S/C27H33NS/c1-22-17-25(19-26(18-22)21-29-27-7-3-2-4-8-27)14-11-23-9-12-24(13-10-23)20-28-15-5-6-16-28/h3,7-10,12-13,17-19H,2,4-6,11,14-16,20-21H2,1H3. The molecule has 1 fully saturated rings. The number of aryl methyl sites for hydroxylation is 3. The Morgan fingerprint density at radius 3 is 2.31 bits per heavy atom. The summed E-state index contributed by atoms with van der Waals surface area (Å²) in [7, 11) is 0. The third-order valence-electron chi connectivity index (χ3n) is 5.89. The van der Waals surface area contributed by atoms with Crippen LogP contribution in [0.1, 0.15) is 53.5 Å². The van der Waals surface area contributed by atoms with Crippen LogP contribution in [0, 0.1) is 6.92 Å². The highest BCUT2D eigenvalue weighted by Gasteiger charge is 2.11. The summed E-state index contributed by atoms with van der Waals surface area (Å²) in [5.41, 5.74) is 7.20. The minimum Gasteiger partial charge on any atom is -0.299 e. The molecule has 0 spiro atoms.